The van der Waals surface area contributed by atoms with Gasteiger partial charge in [-0.15, -0.1) is 0 Å². The number of imidazole rings is 1. The molecule has 23 heavy (non-hydrogen) atoms. The number of nitrogens with two attached hydrogens (primary N) is 1. The van der Waals surface area contributed by atoms with Crippen molar-refractivity contribution in [2.24, 2.45) is 5.73 Å². The highest BCUT2D eigenvalue weighted by atomic mass is 16.5. The monoisotopic (exact) mass is 307 g/mol. The van der Waals surface area contributed by atoms with E-state index in [1.807, 2.05) is 24.5 Å². The van der Waals surface area contributed by atoms with Crippen molar-refractivity contribution in [3.63, 3.8) is 0 Å². The minimum atomic E-state index is 0.577. The maximum atomic E-state index is 5.64. The molecule has 1 heterocycles. The van der Waals surface area contributed by atoms with Gasteiger partial charge in [-0.2, -0.15) is 0 Å². The molecule has 2 aromatic carbocycles. The third-order valence-corrected chi connectivity index (χ3v) is 3.93. The topological polar surface area (TPSA) is 53.1 Å². The summed E-state index contributed by atoms with van der Waals surface area (Å²) in [6.45, 7) is 1.39. The molecular formula is C19H21N3O. The maximum absolute atomic E-state index is 5.64. The second-order valence-corrected chi connectivity index (χ2v) is 5.52. The van der Waals surface area contributed by atoms with Crippen LogP contribution in [0.1, 0.15) is 22.5 Å². The van der Waals surface area contributed by atoms with Gasteiger partial charge in [-0.25, -0.2) is 4.98 Å². The molecule has 1 aromatic heterocycles. The number of hydrogen-bond donors (Lipinski definition) is 1. The van der Waals surface area contributed by atoms with Crippen LogP contribution >= 0.6 is 0 Å². The van der Waals surface area contributed by atoms with Crippen LogP contribution in [0.15, 0.2) is 60.9 Å². The molecule has 0 saturated heterocycles. The number of hydrogen-bond acceptors (Lipinski definition) is 3. The number of methoxy groups -OCH3 is 1. The first-order chi connectivity index (χ1) is 11.3. The highest BCUT2D eigenvalue weighted by Crippen LogP contribution is 2.15. The first-order valence-corrected chi connectivity index (χ1v) is 7.69. The quantitative estimate of drug-likeness (QED) is 0.761. The van der Waals surface area contributed by atoms with Gasteiger partial charge in [0.25, 0.3) is 0 Å². The average molecular weight is 307 g/mol. The summed E-state index contributed by atoms with van der Waals surface area (Å²) < 4.78 is 7.38. The summed E-state index contributed by atoms with van der Waals surface area (Å²) in [7, 11) is 1.68. The molecule has 118 valence electrons. The summed E-state index contributed by atoms with van der Waals surface area (Å²) in [6, 6.07) is 16.5. The average Bonchev–Trinajstić information content (AvgIpc) is 3.03. The molecule has 0 radical (unpaired) electrons. The number of ether oxygens (including phenoxy) is 1. The first kappa shape index (κ1) is 15.3. The second-order valence-electron chi connectivity index (χ2n) is 5.52. The molecular weight excluding hydrogens is 286 g/mol. The fourth-order valence-corrected chi connectivity index (χ4v) is 2.55. The summed E-state index contributed by atoms with van der Waals surface area (Å²) in [4.78, 5) is 4.50. The fourth-order valence-electron chi connectivity index (χ4n) is 2.55. The minimum Gasteiger partial charge on any atom is -0.497 e. The van der Waals surface area contributed by atoms with Crippen LogP contribution in [0.5, 0.6) is 5.75 Å². The first-order valence-electron chi connectivity index (χ1n) is 7.69. The van der Waals surface area contributed by atoms with Gasteiger partial charge in [0, 0.05) is 31.9 Å². The summed E-state index contributed by atoms with van der Waals surface area (Å²) in [5, 5.41) is 0. The van der Waals surface area contributed by atoms with Gasteiger partial charge >= 0.3 is 0 Å². The highest BCUT2D eigenvalue weighted by molar-refractivity contribution is 5.29. The Morgan fingerprint density at radius 3 is 2.26 bits per heavy atom. The van der Waals surface area contributed by atoms with Gasteiger partial charge in [0.15, 0.2) is 0 Å². The van der Waals surface area contributed by atoms with Crippen molar-refractivity contribution < 1.29 is 4.74 Å². The van der Waals surface area contributed by atoms with Crippen LogP contribution in [0.2, 0.25) is 0 Å². The smallest absolute Gasteiger partial charge is 0.118 e. The molecule has 4 heteroatoms. The van der Waals surface area contributed by atoms with E-state index in [0.29, 0.717) is 6.54 Å². The molecule has 4 nitrogen and oxygen atoms in total. The zero-order chi connectivity index (χ0) is 16.1. The lowest BCUT2D eigenvalue weighted by atomic mass is 10.1. The Kier molecular flexibility index (Phi) is 4.74. The Labute approximate surface area is 136 Å². The molecule has 3 rings (SSSR count). The van der Waals surface area contributed by atoms with E-state index in [9.17, 15) is 0 Å². The summed E-state index contributed by atoms with van der Waals surface area (Å²) in [6.07, 6.45) is 4.68. The van der Waals surface area contributed by atoms with Gasteiger partial charge in [-0.3, -0.25) is 0 Å². The summed E-state index contributed by atoms with van der Waals surface area (Å²) in [5.74, 6) is 1.93. The molecule has 0 saturated carbocycles. The highest BCUT2D eigenvalue weighted by Gasteiger charge is 2.05. The summed E-state index contributed by atoms with van der Waals surface area (Å²) in [5.41, 5.74) is 9.26. The van der Waals surface area contributed by atoms with E-state index in [2.05, 4.69) is 45.9 Å². The van der Waals surface area contributed by atoms with E-state index in [4.69, 9.17) is 10.5 Å². The molecule has 0 unspecified atom stereocenters. The van der Waals surface area contributed by atoms with Gasteiger partial charge in [0.1, 0.15) is 11.6 Å². The molecule has 0 bridgehead atoms. The lowest BCUT2D eigenvalue weighted by molar-refractivity contribution is 0.414. The van der Waals surface area contributed by atoms with Crippen LogP contribution < -0.4 is 10.5 Å². The molecule has 3 aromatic rings. The number of rotatable bonds is 6. The molecule has 0 spiro atoms. The predicted octanol–water partition coefficient (Wildman–Crippen LogP) is 2.99. The van der Waals surface area contributed by atoms with Gasteiger partial charge in [0.2, 0.25) is 0 Å². The third kappa shape index (κ3) is 3.79. The Morgan fingerprint density at radius 2 is 1.61 bits per heavy atom. The lowest BCUT2D eigenvalue weighted by Gasteiger charge is -2.09. The Balaban J connectivity index is 1.73. The van der Waals surface area contributed by atoms with Crippen molar-refractivity contribution in [1.82, 2.24) is 9.55 Å². The molecule has 0 fully saturated rings. The van der Waals surface area contributed by atoms with Crippen LogP contribution in [0, 0.1) is 0 Å². The second kappa shape index (κ2) is 7.11. The third-order valence-electron chi connectivity index (χ3n) is 3.93. The Bertz CT molecular complexity index is 681. The SMILES string of the molecule is COc1ccc(Cc2nccn2Cc2ccc(CN)cc2)cc1. The zero-order valence-corrected chi connectivity index (χ0v) is 13.3. The molecule has 2 N–H and O–H groups in total. The Morgan fingerprint density at radius 1 is 0.957 bits per heavy atom. The normalized spacial score (nSPS) is 10.7. The zero-order valence-electron chi connectivity index (χ0n) is 13.3. The van der Waals surface area contributed by atoms with Gasteiger partial charge in [0.05, 0.1) is 7.11 Å². The van der Waals surface area contributed by atoms with Crippen molar-refractivity contribution >= 4 is 0 Å². The van der Waals surface area contributed by atoms with Crippen LogP contribution in [0.4, 0.5) is 0 Å². The van der Waals surface area contributed by atoms with Gasteiger partial charge in [-0.05, 0) is 28.8 Å². The lowest BCUT2D eigenvalue weighted by Crippen LogP contribution is -2.05. The van der Waals surface area contributed by atoms with Crippen molar-refractivity contribution in [2.75, 3.05) is 7.11 Å². The standard InChI is InChI=1S/C19H21N3O/c1-23-18-8-6-15(7-9-18)12-19-21-10-11-22(19)14-17-4-2-16(13-20)3-5-17/h2-11H,12-14,20H2,1H3. The van der Waals surface area contributed by atoms with E-state index in [1.54, 1.807) is 7.11 Å². The molecule has 0 amide bonds. The van der Waals surface area contributed by atoms with Crippen LogP contribution in [0.25, 0.3) is 0 Å². The fraction of sp³-hybridized carbons (Fsp3) is 0.211. The van der Waals surface area contributed by atoms with Crippen LogP contribution in [-0.4, -0.2) is 16.7 Å². The van der Waals surface area contributed by atoms with E-state index in [-0.39, 0.29) is 0 Å². The van der Waals surface area contributed by atoms with Crippen LogP contribution in [0.3, 0.4) is 0 Å². The molecule has 0 aliphatic carbocycles. The van der Waals surface area contributed by atoms with E-state index >= 15 is 0 Å². The Hall–Kier alpha value is -2.59. The van der Waals surface area contributed by atoms with Crippen molar-refractivity contribution in [3.05, 3.63) is 83.4 Å². The number of aromatic nitrogens is 2. The van der Waals surface area contributed by atoms with Crippen molar-refractivity contribution in [1.29, 1.82) is 0 Å². The van der Waals surface area contributed by atoms with Crippen molar-refractivity contribution in [2.45, 2.75) is 19.5 Å². The maximum Gasteiger partial charge on any atom is 0.118 e. The van der Waals surface area contributed by atoms with E-state index in [0.717, 1.165) is 30.1 Å². The summed E-state index contributed by atoms with van der Waals surface area (Å²) >= 11 is 0. The van der Waals surface area contributed by atoms with E-state index < -0.39 is 0 Å². The number of nitrogens with zero attached hydrogens (tertiary/aromatic N) is 2. The molecule has 0 aliphatic rings. The predicted molar refractivity (Wildman–Crippen MR) is 91.5 cm³/mol. The van der Waals surface area contributed by atoms with Crippen LogP contribution in [-0.2, 0) is 19.5 Å². The van der Waals surface area contributed by atoms with Gasteiger partial charge < -0.3 is 15.0 Å². The minimum absolute atomic E-state index is 0.577. The largest absolute Gasteiger partial charge is 0.497 e. The van der Waals surface area contributed by atoms with E-state index in [1.165, 1.54) is 11.1 Å². The molecule has 0 aliphatic heterocycles. The molecule has 0 atom stereocenters. The van der Waals surface area contributed by atoms with Crippen molar-refractivity contribution in [3.8, 4) is 5.75 Å². The van der Waals surface area contributed by atoms with Gasteiger partial charge in [-0.1, -0.05) is 36.4 Å². The number of benzene rings is 2.